The lowest BCUT2D eigenvalue weighted by molar-refractivity contribution is 0.0498. The van der Waals surface area contributed by atoms with Crippen LogP contribution in [0.3, 0.4) is 0 Å². The minimum atomic E-state index is 0.331. The fraction of sp³-hybridized carbons (Fsp3) is 0.647. The molecule has 0 spiro atoms. The summed E-state index contributed by atoms with van der Waals surface area (Å²) in [4.78, 5) is 2.43. The van der Waals surface area contributed by atoms with Crippen LogP contribution in [-0.4, -0.2) is 32.8 Å². The Kier molecular flexibility index (Phi) is 6.08. The van der Waals surface area contributed by atoms with E-state index in [1.807, 2.05) is 7.11 Å². The standard InChI is InChI=1S/C17H27BrN2O/c1-5-19-13(3)15-7-6-14(10-16(15)18)20-9-8-12(2)17(11-20)21-4/h6-7,10,12-13,17,19H,5,8-9,11H2,1-4H3. The van der Waals surface area contributed by atoms with Crippen LogP contribution in [0.25, 0.3) is 0 Å². The van der Waals surface area contributed by atoms with Crippen molar-refractivity contribution in [3.63, 3.8) is 0 Å². The molecule has 118 valence electrons. The number of anilines is 1. The van der Waals surface area contributed by atoms with E-state index >= 15 is 0 Å². The minimum absolute atomic E-state index is 0.331. The number of rotatable bonds is 5. The summed E-state index contributed by atoms with van der Waals surface area (Å²) in [5, 5.41) is 3.46. The normalized spacial score (nSPS) is 24.1. The van der Waals surface area contributed by atoms with Gasteiger partial charge in [-0.3, -0.25) is 0 Å². The van der Waals surface area contributed by atoms with Gasteiger partial charge >= 0.3 is 0 Å². The first-order valence-electron chi connectivity index (χ1n) is 7.87. The van der Waals surface area contributed by atoms with Gasteiger partial charge in [0.2, 0.25) is 0 Å². The van der Waals surface area contributed by atoms with Crippen LogP contribution < -0.4 is 10.2 Å². The van der Waals surface area contributed by atoms with Crippen molar-refractivity contribution < 1.29 is 4.74 Å². The number of nitrogens with zero attached hydrogens (tertiary/aromatic N) is 1. The van der Waals surface area contributed by atoms with Gasteiger partial charge in [-0.25, -0.2) is 0 Å². The molecule has 1 aromatic carbocycles. The van der Waals surface area contributed by atoms with Gasteiger partial charge in [0.1, 0.15) is 0 Å². The van der Waals surface area contributed by atoms with Crippen LogP contribution in [0.5, 0.6) is 0 Å². The molecule has 0 aromatic heterocycles. The predicted molar refractivity (Wildman–Crippen MR) is 93.0 cm³/mol. The Morgan fingerprint density at radius 1 is 1.48 bits per heavy atom. The first-order chi connectivity index (χ1) is 10.1. The molecule has 0 radical (unpaired) electrons. The van der Waals surface area contributed by atoms with Crippen LogP contribution in [-0.2, 0) is 4.74 Å². The molecule has 1 fully saturated rings. The Morgan fingerprint density at radius 2 is 2.24 bits per heavy atom. The molecule has 3 unspecified atom stereocenters. The summed E-state index contributed by atoms with van der Waals surface area (Å²) in [6.45, 7) is 9.69. The SMILES string of the molecule is CCNC(C)c1ccc(N2CCC(C)C(OC)C2)cc1Br. The Bertz CT molecular complexity index is 466. The number of halogens is 1. The topological polar surface area (TPSA) is 24.5 Å². The van der Waals surface area contributed by atoms with E-state index in [9.17, 15) is 0 Å². The van der Waals surface area contributed by atoms with Crippen molar-refractivity contribution in [1.29, 1.82) is 0 Å². The molecular formula is C17H27BrN2O. The third kappa shape index (κ3) is 3.99. The average molecular weight is 355 g/mol. The second kappa shape index (κ2) is 7.61. The van der Waals surface area contributed by atoms with E-state index < -0.39 is 0 Å². The number of hydrogen-bond acceptors (Lipinski definition) is 3. The Morgan fingerprint density at radius 3 is 2.86 bits per heavy atom. The molecule has 21 heavy (non-hydrogen) atoms. The Labute approximate surface area is 137 Å². The molecule has 3 nitrogen and oxygen atoms in total. The van der Waals surface area contributed by atoms with Crippen molar-refractivity contribution in [3.8, 4) is 0 Å². The van der Waals surface area contributed by atoms with Crippen molar-refractivity contribution in [2.75, 3.05) is 31.6 Å². The van der Waals surface area contributed by atoms with Crippen LogP contribution in [0.2, 0.25) is 0 Å². The van der Waals surface area contributed by atoms with Gasteiger partial charge in [-0.05, 0) is 43.5 Å². The molecule has 1 aliphatic heterocycles. The fourth-order valence-electron chi connectivity index (χ4n) is 3.06. The lowest BCUT2D eigenvalue weighted by Crippen LogP contribution is -2.43. The van der Waals surface area contributed by atoms with Crippen molar-refractivity contribution in [2.45, 2.75) is 39.3 Å². The number of methoxy groups -OCH3 is 1. The van der Waals surface area contributed by atoms with Crippen LogP contribution in [0.4, 0.5) is 5.69 Å². The van der Waals surface area contributed by atoms with Crippen molar-refractivity contribution in [1.82, 2.24) is 5.32 Å². The summed E-state index contributed by atoms with van der Waals surface area (Å²) >= 11 is 3.73. The van der Waals surface area contributed by atoms with Crippen molar-refractivity contribution >= 4 is 21.6 Å². The summed E-state index contributed by atoms with van der Waals surface area (Å²) in [6, 6.07) is 7.07. The summed E-state index contributed by atoms with van der Waals surface area (Å²) in [7, 11) is 1.82. The second-order valence-corrected chi connectivity index (χ2v) is 6.83. The van der Waals surface area contributed by atoms with Crippen LogP contribution >= 0.6 is 15.9 Å². The number of hydrogen-bond donors (Lipinski definition) is 1. The maximum atomic E-state index is 5.62. The highest BCUT2D eigenvalue weighted by Crippen LogP contribution is 2.31. The van der Waals surface area contributed by atoms with E-state index in [0.717, 1.165) is 19.6 Å². The van der Waals surface area contributed by atoms with Crippen LogP contribution in [0.1, 0.15) is 38.8 Å². The zero-order chi connectivity index (χ0) is 15.4. The first kappa shape index (κ1) is 16.8. The number of nitrogens with one attached hydrogen (secondary N) is 1. The lowest BCUT2D eigenvalue weighted by Gasteiger charge is -2.37. The van der Waals surface area contributed by atoms with E-state index in [0.29, 0.717) is 18.1 Å². The van der Waals surface area contributed by atoms with Gasteiger partial charge in [0.25, 0.3) is 0 Å². The molecular weight excluding hydrogens is 328 g/mol. The van der Waals surface area contributed by atoms with E-state index in [-0.39, 0.29) is 0 Å². The molecule has 0 amide bonds. The molecule has 1 N–H and O–H groups in total. The van der Waals surface area contributed by atoms with Crippen LogP contribution in [0.15, 0.2) is 22.7 Å². The molecule has 1 heterocycles. The summed E-state index contributed by atoms with van der Waals surface area (Å²) in [5.41, 5.74) is 2.59. The zero-order valence-corrected chi connectivity index (χ0v) is 15.1. The largest absolute Gasteiger partial charge is 0.379 e. The maximum Gasteiger partial charge on any atom is 0.0772 e. The summed E-state index contributed by atoms with van der Waals surface area (Å²) in [6.07, 6.45) is 1.52. The van der Waals surface area contributed by atoms with Gasteiger partial charge in [0, 0.05) is 36.4 Å². The predicted octanol–water partition coefficient (Wildman–Crippen LogP) is 3.98. The molecule has 2 rings (SSSR count). The molecule has 1 aromatic rings. The van der Waals surface area contributed by atoms with Gasteiger partial charge in [0.15, 0.2) is 0 Å². The van der Waals surface area contributed by atoms with Crippen molar-refractivity contribution in [3.05, 3.63) is 28.2 Å². The zero-order valence-electron chi connectivity index (χ0n) is 13.5. The minimum Gasteiger partial charge on any atom is -0.379 e. The first-order valence-corrected chi connectivity index (χ1v) is 8.66. The summed E-state index contributed by atoms with van der Waals surface area (Å²) in [5.74, 6) is 0.641. The quantitative estimate of drug-likeness (QED) is 0.865. The highest BCUT2D eigenvalue weighted by atomic mass is 79.9. The number of benzene rings is 1. The molecule has 0 saturated carbocycles. The summed E-state index contributed by atoms with van der Waals surface area (Å²) < 4.78 is 6.80. The highest BCUT2D eigenvalue weighted by Gasteiger charge is 2.26. The third-order valence-electron chi connectivity index (χ3n) is 4.52. The molecule has 0 aliphatic carbocycles. The monoisotopic (exact) mass is 354 g/mol. The van der Waals surface area contributed by atoms with E-state index in [2.05, 4.69) is 65.1 Å². The van der Waals surface area contributed by atoms with Gasteiger partial charge in [0.05, 0.1) is 6.10 Å². The van der Waals surface area contributed by atoms with E-state index in [1.54, 1.807) is 0 Å². The molecule has 0 bridgehead atoms. The molecule has 1 saturated heterocycles. The van der Waals surface area contributed by atoms with Gasteiger partial charge in [-0.1, -0.05) is 35.8 Å². The van der Waals surface area contributed by atoms with Crippen molar-refractivity contribution in [2.24, 2.45) is 5.92 Å². The smallest absolute Gasteiger partial charge is 0.0772 e. The third-order valence-corrected chi connectivity index (χ3v) is 5.20. The maximum absolute atomic E-state index is 5.62. The highest BCUT2D eigenvalue weighted by molar-refractivity contribution is 9.10. The fourth-order valence-corrected chi connectivity index (χ4v) is 3.77. The Hall–Kier alpha value is -0.580. The van der Waals surface area contributed by atoms with E-state index in [1.165, 1.54) is 22.1 Å². The average Bonchev–Trinajstić information content (AvgIpc) is 2.47. The molecule has 1 aliphatic rings. The number of piperidine rings is 1. The van der Waals surface area contributed by atoms with Crippen LogP contribution in [0, 0.1) is 5.92 Å². The number of ether oxygens (including phenoxy) is 1. The van der Waals surface area contributed by atoms with E-state index in [4.69, 9.17) is 4.74 Å². The molecule has 3 atom stereocenters. The van der Waals surface area contributed by atoms with Gasteiger partial charge in [-0.15, -0.1) is 0 Å². The Balaban J connectivity index is 2.13. The van der Waals surface area contributed by atoms with Gasteiger partial charge in [-0.2, -0.15) is 0 Å². The lowest BCUT2D eigenvalue weighted by atomic mass is 9.95. The second-order valence-electron chi connectivity index (χ2n) is 5.97. The van der Waals surface area contributed by atoms with Gasteiger partial charge < -0.3 is 15.0 Å². The molecule has 4 heteroatoms.